The molecule has 132 valence electrons. The second kappa shape index (κ2) is 8.46. The molecule has 7 heteroatoms. The Morgan fingerprint density at radius 1 is 1.08 bits per heavy atom. The molecule has 0 saturated carbocycles. The van der Waals surface area contributed by atoms with Gasteiger partial charge in [0.05, 0.1) is 11.5 Å². The van der Waals surface area contributed by atoms with Crippen LogP contribution in [0, 0.1) is 6.92 Å². The number of hydrogen-bond acceptors (Lipinski definition) is 4. The second-order valence-corrected chi connectivity index (χ2v) is 6.93. The highest BCUT2D eigenvalue weighted by Gasteiger charge is 2.14. The Hall–Kier alpha value is -2.64. The van der Waals surface area contributed by atoms with E-state index in [1.165, 1.54) is 18.2 Å². The number of ether oxygens (including phenoxy) is 1. The number of carbonyl (C=O) groups excluding carboxylic acids is 1. The lowest BCUT2D eigenvalue weighted by atomic mass is 10.1. The summed E-state index contributed by atoms with van der Waals surface area (Å²) in [5.41, 5.74) is 4.11. The summed E-state index contributed by atoms with van der Waals surface area (Å²) in [4.78, 5) is 13.8. The van der Waals surface area contributed by atoms with Gasteiger partial charge >= 0.3 is 0 Å². The van der Waals surface area contributed by atoms with Crippen LogP contribution >= 0.6 is 0 Å². The molecule has 2 aromatic rings. The molecule has 0 saturated heterocycles. The highest BCUT2D eigenvalue weighted by Crippen LogP contribution is 2.15. The van der Waals surface area contributed by atoms with Crippen molar-refractivity contribution < 1.29 is 17.9 Å². The van der Waals surface area contributed by atoms with Gasteiger partial charge in [-0.1, -0.05) is 29.8 Å². The predicted molar refractivity (Wildman–Crippen MR) is 96.3 cm³/mol. The number of rotatable bonds is 7. The molecule has 0 aliphatic carbocycles. The Labute approximate surface area is 147 Å². The fourth-order valence-corrected chi connectivity index (χ4v) is 2.80. The van der Waals surface area contributed by atoms with E-state index in [9.17, 15) is 13.2 Å². The van der Waals surface area contributed by atoms with Gasteiger partial charge in [0.25, 0.3) is 15.9 Å². The summed E-state index contributed by atoms with van der Waals surface area (Å²) >= 11 is 0. The van der Waals surface area contributed by atoms with Crippen molar-refractivity contribution in [2.75, 3.05) is 6.61 Å². The summed E-state index contributed by atoms with van der Waals surface area (Å²) in [5, 5.41) is 0. The van der Waals surface area contributed by atoms with Crippen molar-refractivity contribution in [2.45, 2.75) is 18.7 Å². The Balaban J connectivity index is 1.94. The molecule has 0 bridgehead atoms. The van der Waals surface area contributed by atoms with Crippen molar-refractivity contribution in [2.24, 2.45) is 0 Å². The van der Waals surface area contributed by atoms with Crippen molar-refractivity contribution in [3.05, 3.63) is 65.7 Å². The number of amides is 1. The highest BCUT2D eigenvalue weighted by atomic mass is 32.2. The van der Waals surface area contributed by atoms with E-state index in [-0.39, 0.29) is 4.90 Å². The normalized spacial score (nSPS) is 11.4. The first kappa shape index (κ1) is 18.7. The third-order valence-corrected chi connectivity index (χ3v) is 4.52. The zero-order chi connectivity index (χ0) is 18.3. The van der Waals surface area contributed by atoms with Crippen LogP contribution in [0.3, 0.4) is 0 Å². The topological polar surface area (TPSA) is 84.5 Å². The molecule has 0 heterocycles. The first-order valence-corrected chi connectivity index (χ1v) is 9.18. The van der Waals surface area contributed by atoms with Crippen LogP contribution in [0.1, 0.15) is 18.1 Å². The largest absolute Gasteiger partial charge is 0.494 e. The SMILES string of the molecule is CCOc1ccc(S(=O)(=O)NNC(=O)/C=C/c2ccc(C)cc2)cc1. The average molecular weight is 360 g/mol. The number of carbonyl (C=O) groups is 1. The molecule has 0 aliphatic rings. The van der Waals surface area contributed by atoms with Crippen LogP contribution in [0.5, 0.6) is 5.75 Å². The fourth-order valence-electron chi connectivity index (χ4n) is 1.95. The Morgan fingerprint density at radius 3 is 2.32 bits per heavy atom. The van der Waals surface area contributed by atoms with E-state index in [1.54, 1.807) is 18.2 Å². The van der Waals surface area contributed by atoms with Crippen molar-refractivity contribution in [1.82, 2.24) is 10.3 Å². The first-order chi connectivity index (χ1) is 11.9. The number of benzene rings is 2. The maximum atomic E-state index is 12.1. The minimum Gasteiger partial charge on any atom is -0.494 e. The number of aryl methyl sites for hydroxylation is 1. The van der Waals surface area contributed by atoms with Crippen molar-refractivity contribution in [3.63, 3.8) is 0 Å². The summed E-state index contributed by atoms with van der Waals surface area (Å²) in [5.74, 6) is 0.00148. The van der Waals surface area contributed by atoms with E-state index < -0.39 is 15.9 Å². The molecule has 2 N–H and O–H groups in total. The van der Waals surface area contributed by atoms with Crippen molar-refractivity contribution >= 4 is 22.0 Å². The van der Waals surface area contributed by atoms with Gasteiger partial charge in [-0.2, -0.15) is 0 Å². The highest BCUT2D eigenvalue weighted by molar-refractivity contribution is 7.89. The standard InChI is InChI=1S/C18H20N2O4S/c1-3-24-16-9-11-17(12-10-16)25(22,23)20-19-18(21)13-8-15-6-4-14(2)5-7-15/h4-13,20H,3H2,1-2H3,(H,19,21)/b13-8+. The van der Waals surface area contributed by atoms with Gasteiger partial charge in [-0.15, -0.1) is 4.83 Å². The van der Waals surface area contributed by atoms with Crippen LogP contribution in [-0.2, 0) is 14.8 Å². The van der Waals surface area contributed by atoms with Gasteiger partial charge in [0.2, 0.25) is 0 Å². The quantitative estimate of drug-likeness (QED) is 0.587. The van der Waals surface area contributed by atoms with Crippen molar-refractivity contribution in [3.8, 4) is 5.75 Å². The summed E-state index contributed by atoms with van der Waals surface area (Å²) in [6, 6.07) is 13.5. The molecule has 25 heavy (non-hydrogen) atoms. The average Bonchev–Trinajstić information content (AvgIpc) is 2.60. The lowest BCUT2D eigenvalue weighted by Gasteiger charge is -2.08. The maximum Gasteiger partial charge on any atom is 0.258 e. The zero-order valence-electron chi connectivity index (χ0n) is 14.0. The van der Waals surface area contributed by atoms with Gasteiger partial charge in [-0.3, -0.25) is 10.2 Å². The molecule has 0 atom stereocenters. The molecule has 0 aromatic heterocycles. The summed E-state index contributed by atoms with van der Waals surface area (Å²) < 4.78 is 29.5. The summed E-state index contributed by atoms with van der Waals surface area (Å²) in [6.45, 7) is 4.30. The second-order valence-electron chi connectivity index (χ2n) is 5.24. The lowest BCUT2D eigenvalue weighted by molar-refractivity contribution is -0.116. The van der Waals surface area contributed by atoms with E-state index in [0.717, 1.165) is 11.1 Å². The molecular weight excluding hydrogens is 340 g/mol. The smallest absolute Gasteiger partial charge is 0.258 e. The van der Waals surface area contributed by atoms with E-state index in [4.69, 9.17) is 4.74 Å². The van der Waals surface area contributed by atoms with Gasteiger partial charge in [-0.25, -0.2) is 8.42 Å². The predicted octanol–water partition coefficient (Wildman–Crippen LogP) is 2.42. The monoisotopic (exact) mass is 360 g/mol. The lowest BCUT2D eigenvalue weighted by Crippen LogP contribution is -2.40. The molecule has 6 nitrogen and oxygen atoms in total. The van der Waals surface area contributed by atoms with Crippen LogP contribution in [0.2, 0.25) is 0 Å². The minimum atomic E-state index is -3.85. The molecule has 0 unspecified atom stereocenters. The zero-order valence-corrected chi connectivity index (χ0v) is 14.8. The summed E-state index contributed by atoms with van der Waals surface area (Å²) in [7, 11) is -3.85. The van der Waals surface area contributed by atoms with E-state index in [0.29, 0.717) is 12.4 Å². The molecule has 2 aromatic carbocycles. The number of hydrazine groups is 1. The Bertz CT molecular complexity index is 842. The van der Waals surface area contributed by atoms with Crippen LogP contribution in [0.4, 0.5) is 0 Å². The van der Waals surface area contributed by atoms with Gasteiger partial charge in [0.15, 0.2) is 0 Å². The molecular formula is C18H20N2O4S. The molecule has 0 aliphatic heterocycles. The molecule has 2 rings (SSSR count). The Kier molecular flexibility index (Phi) is 6.32. The molecule has 0 fully saturated rings. The minimum absolute atomic E-state index is 0.0266. The van der Waals surface area contributed by atoms with Crippen LogP contribution in [-0.4, -0.2) is 20.9 Å². The van der Waals surface area contributed by atoms with Gasteiger partial charge in [-0.05, 0) is 49.8 Å². The van der Waals surface area contributed by atoms with E-state index >= 15 is 0 Å². The molecule has 0 spiro atoms. The van der Waals surface area contributed by atoms with Crippen LogP contribution in [0.15, 0.2) is 59.5 Å². The van der Waals surface area contributed by atoms with E-state index in [2.05, 4.69) is 10.3 Å². The summed E-state index contributed by atoms with van der Waals surface area (Å²) in [6.07, 6.45) is 2.85. The number of nitrogens with one attached hydrogen (secondary N) is 2. The van der Waals surface area contributed by atoms with Crippen LogP contribution in [0.25, 0.3) is 6.08 Å². The number of sulfonamides is 1. The van der Waals surface area contributed by atoms with Crippen molar-refractivity contribution in [1.29, 1.82) is 0 Å². The number of hydrogen-bond donors (Lipinski definition) is 2. The first-order valence-electron chi connectivity index (χ1n) is 7.70. The van der Waals surface area contributed by atoms with Gasteiger partial charge < -0.3 is 4.74 Å². The van der Waals surface area contributed by atoms with Gasteiger partial charge in [0.1, 0.15) is 5.75 Å². The molecule has 1 amide bonds. The Morgan fingerprint density at radius 2 is 1.72 bits per heavy atom. The fraction of sp³-hybridized carbons (Fsp3) is 0.167. The van der Waals surface area contributed by atoms with E-state index in [1.807, 2.05) is 38.1 Å². The molecule has 0 radical (unpaired) electrons. The van der Waals surface area contributed by atoms with Gasteiger partial charge in [0, 0.05) is 6.08 Å². The third kappa shape index (κ3) is 5.74. The third-order valence-electron chi connectivity index (χ3n) is 3.26. The van der Waals surface area contributed by atoms with Crippen LogP contribution < -0.4 is 15.0 Å². The maximum absolute atomic E-state index is 12.1.